The summed E-state index contributed by atoms with van der Waals surface area (Å²) in [5.74, 6) is 2.01. The van der Waals surface area contributed by atoms with Crippen LogP contribution in [0.4, 0.5) is 0 Å². The summed E-state index contributed by atoms with van der Waals surface area (Å²) in [7, 11) is 1.79. The molecule has 0 aliphatic rings. The summed E-state index contributed by atoms with van der Waals surface area (Å²) in [5.41, 5.74) is 0.986. The van der Waals surface area contributed by atoms with Gasteiger partial charge in [0.25, 0.3) is 0 Å². The number of halogens is 1. The molecule has 1 heterocycles. The highest BCUT2D eigenvalue weighted by Crippen LogP contribution is 2.13. The predicted molar refractivity (Wildman–Crippen MR) is 116 cm³/mol. The molecule has 0 aliphatic heterocycles. The zero-order valence-corrected chi connectivity index (χ0v) is 19.0. The first-order valence-electron chi connectivity index (χ1n) is 9.15. The van der Waals surface area contributed by atoms with E-state index in [0.717, 1.165) is 43.5 Å². The molecule has 25 heavy (non-hydrogen) atoms. The Labute approximate surface area is 170 Å². The maximum absolute atomic E-state index is 5.34. The quantitative estimate of drug-likeness (QED) is 0.314. The van der Waals surface area contributed by atoms with E-state index in [1.165, 1.54) is 6.42 Å². The Morgan fingerprint density at radius 3 is 2.48 bits per heavy atom. The largest absolute Gasteiger partial charge is 0.359 e. The molecule has 0 aromatic carbocycles. The van der Waals surface area contributed by atoms with Crippen molar-refractivity contribution in [1.29, 1.82) is 0 Å². The van der Waals surface area contributed by atoms with Crippen LogP contribution in [0, 0.1) is 0 Å². The molecular weight excluding hydrogens is 429 g/mol. The molecule has 0 saturated heterocycles. The summed E-state index contributed by atoms with van der Waals surface area (Å²) in [5, 5.41) is 10.8. The van der Waals surface area contributed by atoms with Gasteiger partial charge in [0.1, 0.15) is 0 Å². The number of hydrogen-bond acceptors (Lipinski definition) is 4. The Kier molecular flexibility index (Phi) is 12.9. The summed E-state index contributed by atoms with van der Waals surface area (Å²) >= 11 is 0. The zero-order chi connectivity index (χ0) is 17.9. The number of guanidine groups is 1. The first-order valence-corrected chi connectivity index (χ1v) is 9.15. The average molecular weight is 465 g/mol. The van der Waals surface area contributed by atoms with Gasteiger partial charge in [0.15, 0.2) is 11.7 Å². The van der Waals surface area contributed by atoms with Gasteiger partial charge in [-0.3, -0.25) is 4.99 Å². The van der Waals surface area contributed by atoms with Gasteiger partial charge in [-0.05, 0) is 45.3 Å². The van der Waals surface area contributed by atoms with E-state index in [2.05, 4.69) is 60.3 Å². The molecule has 1 rings (SSSR count). The lowest BCUT2D eigenvalue weighted by Gasteiger charge is -2.21. The third kappa shape index (κ3) is 9.44. The van der Waals surface area contributed by atoms with Crippen LogP contribution < -0.4 is 10.6 Å². The number of aliphatic imine (C=N–C) groups is 1. The van der Waals surface area contributed by atoms with Crippen LogP contribution in [-0.2, 0) is 6.54 Å². The van der Waals surface area contributed by atoms with E-state index >= 15 is 0 Å². The molecule has 1 atom stereocenters. The van der Waals surface area contributed by atoms with Crippen molar-refractivity contribution in [2.75, 3.05) is 26.7 Å². The highest BCUT2D eigenvalue weighted by Gasteiger charge is 2.10. The SMILES string of the molecule is CCN(CC)CCCC(C)NC(=NC)NCc1cc(C(C)C)no1.I. The second-order valence-corrected chi connectivity index (χ2v) is 6.51. The van der Waals surface area contributed by atoms with E-state index in [9.17, 15) is 0 Å². The van der Waals surface area contributed by atoms with Crippen LogP contribution in [0.5, 0.6) is 0 Å². The topological polar surface area (TPSA) is 65.7 Å². The van der Waals surface area contributed by atoms with E-state index in [1.54, 1.807) is 7.05 Å². The van der Waals surface area contributed by atoms with E-state index in [-0.39, 0.29) is 24.0 Å². The molecule has 0 bridgehead atoms. The van der Waals surface area contributed by atoms with Crippen molar-refractivity contribution in [3.63, 3.8) is 0 Å². The lowest BCUT2D eigenvalue weighted by molar-refractivity contribution is 0.292. The van der Waals surface area contributed by atoms with Gasteiger partial charge >= 0.3 is 0 Å². The summed E-state index contributed by atoms with van der Waals surface area (Å²) in [6.45, 7) is 14.8. The minimum absolute atomic E-state index is 0. The van der Waals surface area contributed by atoms with Gasteiger partial charge in [0.05, 0.1) is 12.2 Å². The van der Waals surface area contributed by atoms with Crippen molar-refractivity contribution in [2.45, 2.75) is 66.0 Å². The number of aromatic nitrogens is 1. The van der Waals surface area contributed by atoms with Crippen LogP contribution >= 0.6 is 24.0 Å². The Hall–Kier alpha value is -0.830. The molecule has 1 aromatic heterocycles. The number of hydrogen-bond donors (Lipinski definition) is 2. The lowest BCUT2D eigenvalue weighted by Crippen LogP contribution is -2.42. The maximum Gasteiger partial charge on any atom is 0.191 e. The van der Waals surface area contributed by atoms with Gasteiger partial charge in [-0.25, -0.2) is 0 Å². The van der Waals surface area contributed by atoms with Gasteiger partial charge in [0.2, 0.25) is 0 Å². The molecule has 1 aromatic rings. The fourth-order valence-electron chi connectivity index (χ4n) is 2.52. The number of nitrogens with zero attached hydrogens (tertiary/aromatic N) is 3. The van der Waals surface area contributed by atoms with Gasteiger partial charge in [-0.2, -0.15) is 0 Å². The monoisotopic (exact) mass is 465 g/mol. The van der Waals surface area contributed by atoms with Crippen LogP contribution in [0.3, 0.4) is 0 Å². The Balaban J connectivity index is 0.00000576. The second-order valence-electron chi connectivity index (χ2n) is 6.51. The minimum atomic E-state index is 0. The summed E-state index contributed by atoms with van der Waals surface area (Å²) in [6.07, 6.45) is 2.31. The third-order valence-electron chi connectivity index (χ3n) is 4.21. The highest BCUT2D eigenvalue weighted by atomic mass is 127. The summed E-state index contributed by atoms with van der Waals surface area (Å²) < 4.78 is 5.34. The third-order valence-corrected chi connectivity index (χ3v) is 4.21. The minimum Gasteiger partial charge on any atom is -0.359 e. The molecule has 1 unspecified atom stereocenters. The smallest absolute Gasteiger partial charge is 0.191 e. The van der Waals surface area contributed by atoms with E-state index < -0.39 is 0 Å². The molecule has 0 amide bonds. The highest BCUT2D eigenvalue weighted by molar-refractivity contribution is 14.0. The van der Waals surface area contributed by atoms with Crippen LogP contribution in [0.2, 0.25) is 0 Å². The molecule has 7 heteroatoms. The van der Waals surface area contributed by atoms with Gasteiger partial charge in [0, 0.05) is 19.2 Å². The van der Waals surface area contributed by atoms with Crippen LogP contribution in [0.25, 0.3) is 0 Å². The van der Waals surface area contributed by atoms with Crippen LogP contribution in [0.15, 0.2) is 15.6 Å². The summed E-state index contributed by atoms with van der Waals surface area (Å²) in [4.78, 5) is 6.74. The van der Waals surface area contributed by atoms with Crippen LogP contribution in [-0.4, -0.2) is 48.7 Å². The fourth-order valence-corrected chi connectivity index (χ4v) is 2.52. The van der Waals surface area contributed by atoms with Crippen molar-refractivity contribution < 1.29 is 4.52 Å². The molecule has 146 valence electrons. The Bertz CT molecular complexity index is 486. The number of nitrogens with one attached hydrogen (secondary N) is 2. The van der Waals surface area contributed by atoms with Gasteiger partial charge in [-0.1, -0.05) is 32.9 Å². The van der Waals surface area contributed by atoms with Gasteiger partial charge in [-0.15, -0.1) is 24.0 Å². The summed E-state index contributed by atoms with van der Waals surface area (Å²) in [6, 6.07) is 2.38. The van der Waals surface area contributed by atoms with Crippen molar-refractivity contribution in [1.82, 2.24) is 20.7 Å². The van der Waals surface area contributed by atoms with E-state index in [4.69, 9.17) is 4.52 Å². The lowest BCUT2D eigenvalue weighted by atomic mass is 10.1. The molecule has 0 saturated carbocycles. The Morgan fingerprint density at radius 1 is 1.28 bits per heavy atom. The number of rotatable bonds is 10. The van der Waals surface area contributed by atoms with Crippen LogP contribution in [0.1, 0.15) is 64.8 Å². The zero-order valence-electron chi connectivity index (χ0n) is 16.6. The maximum atomic E-state index is 5.34. The normalized spacial score (nSPS) is 13.0. The van der Waals surface area contributed by atoms with Crippen molar-refractivity contribution in [3.8, 4) is 0 Å². The molecule has 2 N–H and O–H groups in total. The van der Waals surface area contributed by atoms with Crippen molar-refractivity contribution >= 4 is 29.9 Å². The first kappa shape index (κ1) is 24.2. The standard InChI is InChI=1S/C18H35N5O.HI/c1-7-23(8-2)11-9-10-15(5)21-18(19-6)20-13-16-12-17(14(3)4)22-24-16;/h12,14-15H,7-11,13H2,1-6H3,(H2,19,20,21);1H. The van der Waals surface area contributed by atoms with E-state index in [1.807, 2.05) is 6.07 Å². The van der Waals surface area contributed by atoms with Crippen molar-refractivity contribution in [2.24, 2.45) is 4.99 Å². The average Bonchev–Trinajstić information content (AvgIpc) is 3.04. The molecule has 6 nitrogen and oxygen atoms in total. The van der Waals surface area contributed by atoms with Gasteiger partial charge < -0.3 is 20.1 Å². The Morgan fingerprint density at radius 2 is 1.96 bits per heavy atom. The first-order chi connectivity index (χ1) is 11.5. The van der Waals surface area contributed by atoms with Crippen molar-refractivity contribution in [3.05, 3.63) is 17.5 Å². The molecule has 0 radical (unpaired) electrons. The molecule has 0 fully saturated rings. The van der Waals surface area contributed by atoms with E-state index in [0.29, 0.717) is 18.5 Å². The second kappa shape index (κ2) is 13.4. The predicted octanol–water partition coefficient (Wildman–Crippen LogP) is 3.59. The molecule has 0 spiro atoms. The molecular formula is C18H36IN5O. The molecule has 0 aliphatic carbocycles. The fraction of sp³-hybridized carbons (Fsp3) is 0.778.